The topological polar surface area (TPSA) is 94.6 Å². The summed E-state index contributed by atoms with van der Waals surface area (Å²) in [6.45, 7) is 0. The lowest BCUT2D eigenvalue weighted by Crippen LogP contribution is -2.24. The molecular formula is C8H10N4O4S. The van der Waals surface area contributed by atoms with Gasteiger partial charge in [0.1, 0.15) is 0 Å². The van der Waals surface area contributed by atoms with Gasteiger partial charge in [-0.1, -0.05) is 12.2 Å². The summed E-state index contributed by atoms with van der Waals surface area (Å²) in [4.78, 5) is 23.2. The Morgan fingerprint density at radius 3 is 2.41 bits per heavy atom. The minimum atomic E-state index is -0.787. The van der Waals surface area contributed by atoms with Crippen LogP contribution in [0, 0.1) is 0 Å². The number of ether oxygens (including phenoxy) is 2. The molecule has 0 fully saturated rings. The first-order valence-corrected chi connectivity index (χ1v) is 4.80. The Morgan fingerprint density at radius 2 is 1.94 bits per heavy atom. The summed E-state index contributed by atoms with van der Waals surface area (Å²) in [7, 11) is 2.87. The van der Waals surface area contributed by atoms with Crippen molar-refractivity contribution in [1.82, 2.24) is 15.3 Å². The Hall–Kier alpha value is -2.16. The van der Waals surface area contributed by atoms with Crippen molar-refractivity contribution in [2.75, 3.05) is 19.7 Å². The van der Waals surface area contributed by atoms with E-state index in [2.05, 4.69) is 37.8 Å². The van der Waals surface area contributed by atoms with Crippen LogP contribution in [0.3, 0.4) is 0 Å². The summed E-state index contributed by atoms with van der Waals surface area (Å²) in [6, 6.07) is 1.47. The molecule has 0 atom stereocenters. The van der Waals surface area contributed by atoms with E-state index >= 15 is 0 Å². The molecule has 1 heterocycles. The maximum atomic E-state index is 10.9. The average Bonchev–Trinajstić information content (AvgIpc) is 2.36. The fraction of sp³-hybridized carbons (Fsp3) is 0.250. The molecule has 92 valence electrons. The van der Waals surface area contributed by atoms with Crippen molar-refractivity contribution in [2.45, 2.75) is 0 Å². The van der Waals surface area contributed by atoms with Gasteiger partial charge in [0.2, 0.25) is 11.8 Å². The minimum absolute atomic E-state index is 0.0146. The van der Waals surface area contributed by atoms with Crippen LogP contribution in [-0.4, -0.2) is 35.8 Å². The van der Waals surface area contributed by atoms with Crippen molar-refractivity contribution in [3.63, 3.8) is 0 Å². The Labute approximate surface area is 102 Å². The van der Waals surface area contributed by atoms with Gasteiger partial charge in [-0.3, -0.25) is 5.32 Å². The smallest absolute Gasteiger partial charge is 0.436 e. The molecule has 1 rings (SSSR count). The number of nitrogens with zero attached hydrogens (tertiary/aromatic N) is 2. The van der Waals surface area contributed by atoms with Gasteiger partial charge in [0.05, 0.1) is 25.8 Å². The van der Waals surface area contributed by atoms with Crippen LogP contribution >= 0.6 is 12.2 Å². The summed E-state index contributed by atoms with van der Waals surface area (Å²) in [5.41, 5.74) is 3.23. The molecule has 0 saturated carbocycles. The minimum Gasteiger partial charge on any atom is -0.481 e. The molecule has 9 heteroatoms. The number of hydrogen-bond donors (Lipinski definition) is 2. The number of carbonyl (C=O) groups is 1. The van der Waals surface area contributed by atoms with Gasteiger partial charge in [0.25, 0.3) is 5.95 Å². The number of rotatable bonds is 5. The van der Waals surface area contributed by atoms with Gasteiger partial charge >= 0.3 is 6.09 Å². The molecule has 0 unspecified atom stereocenters. The number of anilines is 1. The van der Waals surface area contributed by atoms with Crippen LogP contribution in [0.2, 0.25) is 0 Å². The van der Waals surface area contributed by atoms with E-state index in [1.807, 2.05) is 0 Å². The first-order valence-electron chi connectivity index (χ1n) is 4.33. The molecule has 1 aromatic heterocycles. The molecule has 0 radical (unpaired) electrons. The zero-order chi connectivity index (χ0) is 12.7. The maximum absolute atomic E-state index is 10.9. The highest BCUT2D eigenvalue weighted by Crippen LogP contribution is 2.16. The first kappa shape index (κ1) is 12.9. The Balaban J connectivity index is 2.69. The van der Waals surface area contributed by atoms with E-state index in [4.69, 9.17) is 9.47 Å². The monoisotopic (exact) mass is 258 g/mol. The lowest BCUT2D eigenvalue weighted by Gasteiger charge is -2.07. The van der Waals surface area contributed by atoms with Gasteiger partial charge in [-0.05, 0) is 0 Å². The molecule has 1 aromatic rings. The maximum Gasteiger partial charge on any atom is 0.436 e. The molecule has 0 aliphatic carbocycles. The molecular weight excluding hydrogens is 248 g/mol. The van der Waals surface area contributed by atoms with Gasteiger partial charge in [0, 0.05) is 0 Å². The normalized spacial score (nSPS) is 9.06. The van der Waals surface area contributed by atoms with Gasteiger partial charge in [-0.2, -0.15) is 15.4 Å². The molecule has 0 saturated heterocycles. The first-order chi connectivity index (χ1) is 8.19. The van der Waals surface area contributed by atoms with Crippen molar-refractivity contribution < 1.29 is 19.1 Å². The molecule has 1 amide bonds. The number of hydrogen-bond acceptors (Lipinski definition) is 8. The standard InChI is InChI=1S/C8H10N4O4S/c1-14-5-3-6(15-2)11-7(10-5)12-16-8(13)9-4-17/h3-4H,1-2H3,(H,9,13,17)(H,10,11,12). The highest BCUT2D eigenvalue weighted by atomic mass is 32.1. The molecule has 0 spiro atoms. The van der Waals surface area contributed by atoms with E-state index in [0.717, 1.165) is 5.49 Å². The Bertz CT molecular complexity index is 392. The zero-order valence-corrected chi connectivity index (χ0v) is 9.91. The molecule has 0 aliphatic rings. The lowest BCUT2D eigenvalue weighted by atomic mass is 10.6. The van der Waals surface area contributed by atoms with E-state index < -0.39 is 6.09 Å². The Morgan fingerprint density at radius 1 is 1.35 bits per heavy atom. The number of carbonyl (C=O) groups excluding carboxylic acids is 1. The SMILES string of the molecule is COc1cc(OC)nc(NOC(=O)NC=S)n1. The summed E-state index contributed by atoms with van der Waals surface area (Å²) in [5.74, 6) is 0.539. The van der Waals surface area contributed by atoms with E-state index in [-0.39, 0.29) is 17.7 Å². The van der Waals surface area contributed by atoms with Crippen LogP contribution in [0.15, 0.2) is 6.07 Å². The van der Waals surface area contributed by atoms with Crippen molar-refractivity contribution in [1.29, 1.82) is 0 Å². The fourth-order valence-corrected chi connectivity index (χ4v) is 0.925. The lowest BCUT2D eigenvalue weighted by molar-refractivity contribution is 0.174. The van der Waals surface area contributed by atoms with Crippen LogP contribution in [-0.2, 0) is 4.84 Å². The van der Waals surface area contributed by atoms with Crippen LogP contribution in [0.1, 0.15) is 0 Å². The van der Waals surface area contributed by atoms with Crippen molar-refractivity contribution >= 4 is 29.8 Å². The number of thiocarbonyl (C=S) groups is 1. The third-order valence-corrected chi connectivity index (χ3v) is 1.63. The summed E-state index contributed by atoms with van der Waals surface area (Å²) < 4.78 is 9.80. The van der Waals surface area contributed by atoms with E-state index in [1.54, 1.807) is 0 Å². The average molecular weight is 258 g/mol. The second kappa shape index (κ2) is 6.43. The largest absolute Gasteiger partial charge is 0.481 e. The molecule has 0 aliphatic heterocycles. The number of nitrogens with one attached hydrogen (secondary N) is 2. The second-order valence-corrected chi connectivity index (χ2v) is 2.77. The van der Waals surface area contributed by atoms with Crippen LogP contribution in [0.25, 0.3) is 0 Å². The predicted molar refractivity (Wildman–Crippen MR) is 62.0 cm³/mol. The number of aromatic nitrogens is 2. The molecule has 17 heavy (non-hydrogen) atoms. The van der Waals surface area contributed by atoms with Gasteiger partial charge in [-0.15, -0.1) is 0 Å². The molecule has 0 bridgehead atoms. The van der Waals surface area contributed by atoms with E-state index in [0.29, 0.717) is 0 Å². The summed E-state index contributed by atoms with van der Waals surface area (Å²) in [5, 5.41) is 2.12. The van der Waals surface area contributed by atoms with Gasteiger partial charge in [-0.25, -0.2) is 4.79 Å². The quantitative estimate of drug-likeness (QED) is 0.582. The molecule has 8 nitrogen and oxygen atoms in total. The van der Waals surface area contributed by atoms with Crippen LogP contribution in [0.5, 0.6) is 11.8 Å². The molecule has 0 aromatic carbocycles. The molecule has 2 N–H and O–H groups in total. The Kier molecular flexibility index (Phi) is 4.88. The van der Waals surface area contributed by atoms with E-state index in [9.17, 15) is 4.79 Å². The van der Waals surface area contributed by atoms with E-state index in [1.165, 1.54) is 20.3 Å². The summed E-state index contributed by atoms with van der Waals surface area (Å²) in [6.07, 6.45) is -0.787. The number of amides is 1. The van der Waals surface area contributed by atoms with Gasteiger partial charge in [0.15, 0.2) is 0 Å². The van der Waals surface area contributed by atoms with Crippen LogP contribution < -0.4 is 20.3 Å². The van der Waals surface area contributed by atoms with Crippen LogP contribution in [0.4, 0.5) is 10.7 Å². The predicted octanol–water partition coefficient (Wildman–Crippen LogP) is 0.504. The van der Waals surface area contributed by atoms with Gasteiger partial charge < -0.3 is 14.3 Å². The summed E-state index contributed by atoms with van der Waals surface area (Å²) >= 11 is 4.40. The highest BCUT2D eigenvalue weighted by molar-refractivity contribution is 7.78. The number of methoxy groups -OCH3 is 2. The third-order valence-electron chi connectivity index (χ3n) is 1.51. The zero-order valence-electron chi connectivity index (χ0n) is 9.09. The second-order valence-electron chi connectivity index (χ2n) is 2.53. The third kappa shape index (κ3) is 4.07. The highest BCUT2D eigenvalue weighted by Gasteiger charge is 2.07. The fourth-order valence-electron chi connectivity index (χ4n) is 0.828. The van der Waals surface area contributed by atoms with Crippen molar-refractivity contribution in [2.24, 2.45) is 0 Å². The van der Waals surface area contributed by atoms with Crippen molar-refractivity contribution in [3.05, 3.63) is 6.07 Å². The van der Waals surface area contributed by atoms with Crippen molar-refractivity contribution in [3.8, 4) is 11.8 Å².